The van der Waals surface area contributed by atoms with Gasteiger partial charge in [-0.2, -0.15) is 9.98 Å². The Morgan fingerprint density at radius 2 is 1.86 bits per heavy atom. The lowest BCUT2D eigenvalue weighted by Crippen LogP contribution is -2.07. The number of amides is 2. The maximum Gasteiger partial charge on any atom is 0.368 e. The second kappa shape index (κ2) is 3.84. The standard InChI is InChI=1S/C10H7BrN2O/c11-9-8(12-10(14)13-9)6-7-4-2-1-3-5-7/h1-5H,6H2. The molecule has 1 heterocycles. The van der Waals surface area contributed by atoms with Crippen LogP contribution < -0.4 is 0 Å². The number of rotatable bonds is 2. The summed E-state index contributed by atoms with van der Waals surface area (Å²) in [6, 6.07) is 9.42. The zero-order valence-electron chi connectivity index (χ0n) is 7.27. The highest BCUT2D eigenvalue weighted by Gasteiger charge is 2.16. The van der Waals surface area contributed by atoms with Gasteiger partial charge in [0.25, 0.3) is 0 Å². The summed E-state index contributed by atoms with van der Waals surface area (Å²) in [4.78, 5) is 18.3. The second-order valence-electron chi connectivity index (χ2n) is 2.91. The lowest BCUT2D eigenvalue weighted by atomic mass is 10.1. The quantitative estimate of drug-likeness (QED) is 0.796. The minimum atomic E-state index is -0.428. The molecule has 1 aliphatic rings. The number of carbonyl (C=O) groups excluding carboxylic acids is 1. The first-order valence-corrected chi connectivity index (χ1v) is 4.95. The van der Waals surface area contributed by atoms with E-state index in [4.69, 9.17) is 0 Å². The smallest absolute Gasteiger partial charge is 0.244 e. The topological polar surface area (TPSA) is 41.8 Å². The van der Waals surface area contributed by atoms with Gasteiger partial charge in [-0.05, 0) is 21.5 Å². The van der Waals surface area contributed by atoms with Crippen molar-refractivity contribution in [3.63, 3.8) is 0 Å². The van der Waals surface area contributed by atoms with Gasteiger partial charge in [-0.1, -0.05) is 30.3 Å². The van der Waals surface area contributed by atoms with Gasteiger partial charge in [0.2, 0.25) is 0 Å². The molecular weight excluding hydrogens is 244 g/mol. The average molecular weight is 251 g/mol. The minimum Gasteiger partial charge on any atom is -0.244 e. The Bertz CT molecular complexity index is 423. The van der Waals surface area contributed by atoms with Gasteiger partial charge in [0.15, 0.2) is 0 Å². The third-order valence-corrected chi connectivity index (χ3v) is 2.51. The van der Waals surface area contributed by atoms with E-state index in [1.807, 2.05) is 30.3 Å². The van der Waals surface area contributed by atoms with Crippen LogP contribution in [0.3, 0.4) is 0 Å². The summed E-state index contributed by atoms with van der Waals surface area (Å²) >= 11 is 3.20. The summed E-state index contributed by atoms with van der Waals surface area (Å²) in [7, 11) is 0. The van der Waals surface area contributed by atoms with Crippen molar-refractivity contribution in [2.24, 2.45) is 9.98 Å². The van der Waals surface area contributed by atoms with Crippen LogP contribution in [0, 0.1) is 0 Å². The van der Waals surface area contributed by atoms with Gasteiger partial charge in [0, 0.05) is 6.42 Å². The molecule has 0 aliphatic carbocycles. The van der Waals surface area contributed by atoms with Gasteiger partial charge < -0.3 is 0 Å². The Morgan fingerprint density at radius 1 is 1.14 bits per heavy atom. The highest BCUT2D eigenvalue weighted by atomic mass is 79.9. The van der Waals surface area contributed by atoms with Crippen LogP contribution in [0.4, 0.5) is 4.79 Å². The molecule has 70 valence electrons. The number of hydrogen-bond donors (Lipinski definition) is 0. The molecule has 0 aromatic heterocycles. The number of halogens is 1. The van der Waals surface area contributed by atoms with Crippen LogP contribution in [0.5, 0.6) is 0 Å². The van der Waals surface area contributed by atoms with E-state index in [0.717, 1.165) is 5.56 Å². The fraction of sp³-hybridized carbons (Fsp3) is 0.100. The van der Waals surface area contributed by atoms with E-state index >= 15 is 0 Å². The normalized spacial score (nSPS) is 15.4. The first-order chi connectivity index (χ1) is 6.75. The number of benzene rings is 1. The highest BCUT2D eigenvalue weighted by Crippen LogP contribution is 2.10. The maximum atomic E-state index is 10.8. The molecule has 0 unspecified atom stereocenters. The van der Waals surface area contributed by atoms with Gasteiger partial charge in [-0.15, -0.1) is 0 Å². The lowest BCUT2D eigenvalue weighted by Gasteiger charge is -1.98. The van der Waals surface area contributed by atoms with Crippen LogP contribution in [0.2, 0.25) is 0 Å². The van der Waals surface area contributed by atoms with Crippen LogP contribution in [-0.4, -0.2) is 16.4 Å². The van der Waals surface area contributed by atoms with E-state index in [9.17, 15) is 4.79 Å². The second-order valence-corrected chi connectivity index (χ2v) is 3.66. The van der Waals surface area contributed by atoms with Gasteiger partial charge in [0.05, 0.1) is 5.71 Å². The van der Waals surface area contributed by atoms with E-state index in [1.54, 1.807) is 0 Å². The molecule has 0 bridgehead atoms. The average Bonchev–Trinajstić information content (AvgIpc) is 2.47. The molecule has 1 aromatic rings. The number of urea groups is 1. The molecule has 0 N–H and O–H groups in total. The Kier molecular flexibility index (Phi) is 2.54. The van der Waals surface area contributed by atoms with Crippen molar-refractivity contribution >= 4 is 32.3 Å². The van der Waals surface area contributed by atoms with Gasteiger partial charge >= 0.3 is 6.03 Å². The minimum absolute atomic E-state index is 0.428. The number of carbonyl (C=O) groups is 1. The third kappa shape index (κ3) is 1.96. The SMILES string of the molecule is O=C1N=C(Br)C(Cc2ccccc2)=N1. The molecule has 1 aliphatic heterocycles. The molecule has 0 radical (unpaired) electrons. The molecule has 0 saturated heterocycles. The first kappa shape index (κ1) is 9.27. The molecule has 0 atom stereocenters. The molecule has 0 fully saturated rings. The number of aliphatic imine (C=N–C) groups is 2. The van der Waals surface area contributed by atoms with Crippen LogP contribution in [0.15, 0.2) is 40.3 Å². The molecule has 1 aromatic carbocycles. The van der Waals surface area contributed by atoms with E-state index in [0.29, 0.717) is 16.8 Å². The van der Waals surface area contributed by atoms with Crippen LogP contribution in [0.1, 0.15) is 5.56 Å². The summed E-state index contributed by atoms with van der Waals surface area (Å²) in [5, 5.41) is 0. The number of hydrogen-bond acceptors (Lipinski definition) is 1. The molecule has 0 saturated carbocycles. The molecule has 3 nitrogen and oxygen atoms in total. The Balaban J connectivity index is 2.18. The monoisotopic (exact) mass is 250 g/mol. The molecule has 0 spiro atoms. The van der Waals surface area contributed by atoms with E-state index in [2.05, 4.69) is 25.9 Å². The van der Waals surface area contributed by atoms with Gasteiger partial charge in [-0.25, -0.2) is 4.79 Å². The zero-order chi connectivity index (χ0) is 9.97. The zero-order valence-corrected chi connectivity index (χ0v) is 8.86. The lowest BCUT2D eigenvalue weighted by molar-refractivity contribution is 0.257. The van der Waals surface area contributed by atoms with Crippen molar-refractivity contribution in [1.29, 1.82) is 0 Å². The van der Waals surface area contributed by atoms with E-state index in [-0.39, 0.29) is 0 Å². The van der Waals surface area contributed by atoms with Crippen molar-refractivity contribution < 1.29 is 4.79 Å². The van der Waals surface area contributed by atoms with E-state index in [1.165, 1.54) is 0 Å². The van der Waals surface area contributed by atoms with Gasteiger partial charge in [-0.3, -0.25) is 0 Å². The Morgan fingerprint density at radius 3 is 2.43 bits per heavy atom. The van der Waals surface area contributed by atoms with Crippen molar-refractivity contribution in [2.45, 2.75) is 6.42 Å². The third-order valence-electron chi connectivity index (χ3n) is 1.88. The Hall–Kier alpha value is -1.29. The maximum absolute atomic E-state index is 10.8. The Labute approximate surface area is 89.7 Å². The summed E-state index contributed by atoms with van der Waals surface area (Å²) in [5.74, 6) is 0. The predicted molar refractivity (Wildman–Crippen MR) is 59.3 cm³/mol. The van der Waals surface area contributed by atoms with Crippen LogP contribution >= 0.6 is 15.9 Å². The largest absolute Gasteiger partial charge is 0.368 e. The van der Waals surface area contributed by atoms with Crippen LogP contribution in [0.25, 0.3) is 0 Å². The van der Waals surface area contributed by atoms with Gasteiger partial charge in [0.1, 0.15) is 4.62 Å². The number of nitrogens with zero attached hydrogens (tertiary/aromatic N) is 2. The summed E-state index contributed by atoms with van der Waals surface area (Å²) < 4.78 is 0.548. The fourth-order valence-corrected chi connectivity index (χ4v) is 1.62. The van der Waals surface area contributed by atoms with E-state index < -0.39 is 6.03 Å². The summed E-state index contributed by atoms with van der Waals surface area (Å²) in [6.45, 7) is 0. The van der Waals surface area contributed by atoms with Crippen molar-refractivity contribution in [2.75, 3.05) is 0 Å². The van der Waals surface area contributed by atoms with Crippen molar-refractivity contribution in [1.82, 2.24) is 0 Å². The molecule has 2 amide bonds. The van der Waals surface area contributed by atoms with Crippen LogP contribution in [-0.2, 0) is 6.42 Å². The molecule has 4 heteroatoms. The fourth-order valence-electron chi connectivity index (χ4n) is 1.24. The van der Waals surface area contributed by atoms with Crippen molar-refractivity contribution in [3.05, 3.63) is 35.9 Å². The molecule has 14 heavy (non-hydrogen) atoms. The summed E-state index contributed by atoms with van der Waals surface area (Å²) in [5.41, 5.74) is 1.81. The van der Waals surface area contributed by atoms with Crippen molar-refractivity contribution in [3.8, 4) is 0 Å². The predicted octanol–water partition coefficient (Wildman–Crippen LogP) is 2.60. The first-order valence-electron chi connectivity index (χ1n) is 4.16. The molecule has 2 rings (SSSR count). The highest BCUT2D eigenvalue weighted by molar-refractivity contribution is 9.19. The summed E-state index contributed by atoms with van der Waals surface area (Å²) in [6.07, 6.45) is 0.636. The molecular formula is C10H7BrN2O.